The molecule has 0 saturated carbocycles. The highest BCUT2D eigenvalue weighted by atomic mass is 32.2. The Morgan fingerprint density at radius 3 is 1.26 bits per heavy atom. The fourth-order valence-electron chi connectivity index (χ4n) is 8.88. The van der Waals surface area contributed by atoms with E-state index in [-0.39, 0.29) is 53.8 Å². The van der Waals surface area contributed by atoms with Crippen molar-refractivity contribution >= 4 is 31.9 Å². The molecule has 2 aliphatic heterocycles. The highest BCUT2D eigenvalue weighted by Gasteiger charge is 2.49. The molecule has 2 heterocycles. The highest BCUT2D eigenvalue weighted by molar-refractivity contribution is 7.89. The normalized spacial score (nSPS) is 18.9. The van der Waals surface area contributed by atoms with Gasteiger partial charge in [-0.25, -0.2) is 27.0 Å². The molecule has 0 unspecified atom stereocenters. The average molecular weight is 1060 g/mol. The Hall–Kier alpha value is -5.64. The number of hydrogen-bond acceptors (Lipinski definition) is 8. The summed E-state index contributed by atoms with van der Waals surface area (Å²) in [5.41, 5.74) is 1.55. The van der Waals surface area contributed by atoms with Crippen LogP contribution < -0.4 is 0 Å². The summed E-state index contributed by atoms with van der Waals surface area (Å²) in [7, 11) is -8.11. The van der Waals surface area contributed by atoms with Gasteiger partial charge in [0.25, 0.3) is 11.8 Å². The fourth-order valence-corrected chi connectivity index (χ4v) is 12.2. The number of carbonyl (C=O) groups excluding carboxylic acids is 2. The minimum atomic E-state index is -4.44. The first kappa shape index (κ1) is 56.7. The topological polar surface area (TPSA) is 145 Å². The summed E-state index contributed by atoms with van der Waals surface area (Å²) in [4.78, 5) is 32.1. The standard InChI is InChI=1S/C30H33F3N2O4S.C23H27F3N2O4S/c1-4-18-34(28-19-27(21(2)3)35(29(28)36)39-20-22-8-6-5-7-9-22)40(37,38)26-16-12-24(13-17-26)23-10-14-25(15-11-23)30(31,32)33;1-4-13-27(21-14-20(15(2)3)28(30)22(21)29)33(31,32)19-11-7-17(8-12-19)16-5-9-18(10-6-16)23(24,25)26/h5-17,21,27-28H,4,18-20H2,1-3H3;5-12,15,20-21,30H,4,13-14H2,1-3H3/t27-,28-;20-,21-/m11/s1. The molecular weight excluding hydrogens is 999 g/mol. The minimum Gasteiger partial charge on any atom is -0.286 e. The smallest absolute Gasteiger partial charge is 0.286 e. The zero-order valence-corrected chi connectivity index (χ0v) is 42.8. The molecule has 0 aliphatic carbocycles. The van der Waals surface area contributed by atoms with Crippen LogP contribution in [-0.2, 0) is 53.4 Å². The molecule has 2 amide bonds. The van der Waals surface area contributed by atoms with E-state index in [2.05, 4.69) is 0 Å². The monoisotopic (exact) mass is 1060 g/mol. The van der Waals surface area contributed by atoms with Crippen LogP contribution in [0.3, 0.4) is 0 Å². The van der Waals surface area contributed by atoms with E-state index in [1.807, 2.05) is 65.0 Å². The van der Waals surface area contributed by atoms with Crippen LogP contribution in [-0.4, -0.2) is 89.9 Å². The number of rotatable bonds is 17. The Bertz CT molecular complexity index is 2870. The zero-order valence-electron chi connectivity index (χ0n) is 41.2. The Kier molecular flexibility index (Phi) is 18.1. The second kappa shape index (κ2) is 23.3. The quantitative estimate of drug-likeness (QED) is 0.0716. The van der Waals surface area contributed by atoms with E-state index in [4.69, 9.17) is 4.84 Å². The molecular formula is C53H60F6N4O8S2. The average Bonchev–Trinajstić information content (AvgIpc) is 3.85. The van der Waals surface area contributed by atoms with Crippen molar-refractivity contribution in [3.8, 4) is 22.3 Å². The summed E-state index contributed by atoms with van der Waals surface area (Å²) in [6.45, 7) is 11.7. The van der Waals surface area contributed by atoms with Crippen LogP contribution in [0.1, 0.15) is 83.9 Å². The van der Waals surface area contributed by atoms with Crippen molar-refractivity contribution in [1.29, 1.82) is 0 Å². The molecule has 73 heavy (non-hydrogen) atoms. The number of amides is 2. The van der Waals surface area contributed by atoms with Gasteiger partial charge in [-0.3, -0.25) is 19.6 Å². The van der Waals surface area contributed by atoms with E-state index in [1.54, 1.807) is 19.1 Å². The number of nitrogens with zero attached hydrogens (tertiary/aromatic N) is 4. The third-order valence-corrected chi connectivity index (χ3v) is 16.8. The van der Waals surface area contributed by atoms with Crippen molar-refractivity contribution in [2.24, 2.45) is 11.8 Å². The molecule has 2 aliphatic rings. The molecule has 0 bridgehead atoms. The van der Waals surface area contributed by atoms with Crippen molar-refractivity contribution < 1.29 is 62.8 Å². The maximum Gasteiger partial charge on any atom is 0.416 e. The van der Waals surface area contributed by atoms with E-state index < -0.39 is 73.5 Å². The molecule has 20 heteroatoms. The maximum atomic E-state index is 13.8. The lowest BCUT2D eigenvalue weighted by Gasteiger charge is -2.27. The summed E-state index contributed by atoms with van der Waals surface area (Å²) in [5, 5.41) is 12.2. The highest BCUT2D eigenvalue weighted by Crippen LogP contribution is 2.36. The van der Waals surface area contributed by atoms with Crippen molar-refractivity contribution in [3.63, 3.8) is 0 Å². The van der Waals surface area contributed by atoms with Crippen LogP contribution in [0.2, 0.25) is 0 Å². The first-order valence-electron chi connectivity index (χ1n) is 23.9. The number of alkyl halides is 6. The first-order valence-corrected chi connectivity index (χ1v) is 26.8. The summed E-state index contributed by atoms with van der Waals surface area (Å²) in [6.07, 6.45) is -7.40. The third kappa shape index (κ3) is 13.0. The molecule has 0 radical (unpaired) electrons. The van der Waals surface area contributed by atoms with E-state index in [0.717, 1.165) is 34.1 Å². The van der Waals surface area contributed by atoms with E-state index in [9.17, 15) is 58.0 Å². The molecule has 5 aromatic rings. The van der Waals surface area contributed by atoms with Crippen molar-refractivity contribution in [1.82, 2.24) is 18.7 Å². The second-order valence-electron chi connectivity index (χ2n) is 18.7. The molecule has 394 valence electrons. The predicted molar refractivity (Wildman–Crippen MR) is 263 cm³/mol. The maximum absolute atomic E-state index is 13.8. The van der Waals surface area contributed by atoms with Crippen LogP contribution in [0.15, 0.2) is 137 Å². The van der Waals surface area contributed by atoms with Gasteiger partial charge in [0.2, 0.25) is 20.0 Å². The molecule has 0 aromatic heterocycles. The van der Waals surface area contributed by atoms with Crippen molar-refractivity contribution in [2.45, 2.75) is 120 Å². The largest absolute Gasteiger partial charge is 0.416 e. The lowest BCUT2D eigenvalue weighted by Crippen LogP contribution is -2.45. The number of hydroxylamine groups is 4. The summed E-state index contributed by atoms with van der Waals surface area (Å²) < 4.78 is 134. The van der Waals surface area contributed by atoms with Crippen LogP contribution in [0.4, 0.5) is 26.3 Å². The van der Waals surface area contributed by atoms with Gasteiger partial charge < -0.3 is 0 Å². The number of carbonyl (C=O) groups is 2. The van der Waals surface area contributed by atoms with Crippen LogP contribution in [0.5, 0.6) is 0 Å². The number of sulfonamides is 2. The van der Waals surface area contributed by atoms with Gasteiger partial charge >= 0.3 is 12.4 Å². The lowest BCUT2D eigenvalue weighted by atomic mass is 10.0. The molecule has 2 saturated heterocycles. The van der Waals surface area contributed by atoms with Crippen LogP contribution >= 0.6 is 0 Å². The van der Waals surface area contributed by atoms with Gasteiger partial charge in [-0.2, -0.15) is 35.0 Å². The molecule has 4 atom stereocenters. The molecule has 2 fully saturated rings. The molecule has 12 nitrogen and oxygen atoms in total. The minimum absolute atomic E-state index is 0.00848. The third-order valence-electron chi connectivity index (χ3n) is 12.9. The van der Waals surface area contributed by atoms with E-state index in [1.165, 1.54) is 70.0 Å². The number of benzene rings is 5. The number of hydrogen-bond donors (Lipinski definition) is 1. The van der Waals surface area contributed by atoms with Gasteiger partial charge in [0.1, 0.15) is 18.7 Å². The van der Waals surface area contributed by atoms with E-state index >= 15 is 0 Å². The van der Waals surface area contributed by atoms with Gasteiger partial charge in [-0.05, 0) is 114 Å². The van der Waals surface area contributed by atoms with Crippen molar-refractivity contribution in [3.05, 3.63) is 144 Å². The van der Waals surface area contributed by atoms with Crippen LogP contribution in [0.25, 0.3) is 22.3 Å². The Labute approximate surface area is 423 Å². The number of halogens is 6. The van der Waals surface area contributed by atoms with E-state index in [0.29, 0.717) is 46.6 Å². The second-order valence-corrected chi connectivity index (χ2v) is 22.4. The first-order chi connectivity index (χ1) is 34.3. The summed E-state index contributed by atoms with van der Waals surface area (Å²) in [6, 6.07) is 27.8. The Morgan fingerprint density at radius 1 is 0.562 bits per heavy atom. The Balaban J connectivity index is 0.000000243. The predicted octanol–water partition coefficient (Wildman–Crippen LogP) is 11.3. The zero-order chi connectivity index (χ0) is 53.6. The van der Waals surface area contributed by atoms with Crippen LogP contribution in [0, 0.1) is 11.8 Å². The lowest BCUT2D eigenvalue weighted by molar-refractivity contribution is -0.200. The molecule has 1 N–H and O–H groups in total. The van der Waals surface area contributed by atoms with Gasteiger partial charge in [-0.15, -0.1) is 0 Å². The van der Waals surface area contributed by atoms with Crippen molar-refractivity contribution in [2.75, 3.05) is 13.1 Å². The van der Waals surface area contributed by atoms with Gasteiger partial charge in [0.15, 0.2) is 0 Å². The van der Waals surface area contributed by atoms with Gasteiger partial charge in [0, 0.05) is 13.1 Å². The molecule has 0 spiro atoms. The SMILES string of the molecule is CCCN([C@@H]1C[C@H](C(C)C)N(O)C1=O)S(=O)(=O)c1ccc(-c2ccc(C(F)(F)F)cc2)cc1.CCCN([C@@H]1C[C@H](C(C)C)N(OCc2ccccc2)C1=O)S(=O)(=O)c1ccc(-c2ccc(C(F)(F)F)cc2)cc1. The van der Waals surface area contributed by atoms with Gasteiger partial charge in [0.05, 0.1) is 33.0 Å². The Morgan fingerprint density at radius 2 is 0.918 bits per heavy atom. The molecule has 5 aromatic carbocycles. The molecule has 7 rings (SSSR count). The summed E-state index contributed by atoms with van der Waals surface area (Å²) in [5.74, 6) is -1.04. The summed E-state index contributed by atoms with van der Waals surface area (Å²) >= 11 is 0. The fraction of sp³-hybridized carbons (Fsp3) is 0.396. The van der Waals surface area contributed by atoms with Gasteiger partial charge in [-0.1, -0.05) is 120 Å².